The topological polar surface area (TPSA) is 33.0 Å². The smallest absolute Gasteiger partial charge is 0.144 e. The summed E-state index contributed by atoms with van der Waals surface area (Å²) in [6.45, 7) is 0. The number of rotatable bonds is 2. The van der Waals surface area contributed by atoms with Gasteiger partial charge in [-0.25, -0.2) is 4.39 Å². The van der Waals surface area contributed by atoms with Gasteiger partial charge in [-0.3, -0.25) is 0 Å². The molecule has 0 spiro atoms. The van der Waals surface area contributed by atoms with Crippen molar-refractivity contribution in [1.29, 1.82) is 5.26 Å². The van der Waals surface area contributed by atoms with E-state index in [1.807, 2.05) is 0 Å². The minimum atomic E-state index is -0.501. The number of ether oxygens (including phenoxy) is 1. The molecule has 90 valence electrons. The molecule has 2 nitrogen and oxygen atoms in total. The van der Waals surface area contributed by atoms with Gasteiger partial charge in [0.1, 0.15) is 17.6 Å². The maximum Gasteiger partial charge on any atom is 0.144 e. The number of nitriles is 1. The Bertz CT molecular complexity index is 417. The first-order valence-electron chi connectivity index (χ1n) is 6.16. The Morgan fingerprint density at radius 3 is 2.47 bits per heavy atom. The third-order valence-corrected chi connectivity index (χ3v) is 3.17. The summed E-state index contributed by atoms with van der Waals surface area (Å²) in [5.41, 5.74) is 0.0678. The molecule has 1 aliphatic carbocycles. The summed E-state index contributed by atoms with van der Waals surface area (Å²) in [6.07, 6.45) is 7.18. The summed E-state index contributed by atoms with van der Waals surface area (Å²) >= 11 is 0. The standard InChI is InChI=1S/C14H16FNO/c15-14-9-13(8-7-11(14)10-16)17-12-5-3-1-2-4-6-12/h7-9,12H,1-6H2. The van der Waals surface area contributed by atoms with Crippen LogP contribution in [0.4, 0.5) is 4.39 Å². The van der Waals surface area contributed by atoms with E-state index in [-0.39, 0.29) is 11.7 Å². The van der Waals surface area contributed by atoms with E-state index in [9.17, 15) is 4.39 Å². The van der Waals surface area contributed by atoms with E-state index in [1.165, 1.54) is 37.8 Å². The molecule has 0 N–H and O–H groups in total. The molecule has 0 aromatic heterocycles. The monoisotopic (exact) mass is 233 g/mol. The lowest BCUT2D eigenvalue weighted by Gasteiger charge is -2.16. The molecule has 0 amide bonds. The highest BCUT2D eigenvalue weighted by Gasteiger charge is 2.14. The van der Waals surface area contributed by atoms with E-state index in [0.29, 0.717) is 5.75 Å². The molecule has 2 rings (SSSR count). The Hall–Kier alpha value is -1.56. The van der Waals surface area contributed by atoms with Crippen molar-refractivity contribution >= 4 is 0 Å². The first kappa shape index (κ1) is 11.9. The fourth-order valence-electron chi connectivity index (χ4n) is 2.21. The molecular formula is C14H16FNO. The highest BCUT2D eigenvalue weighted by atomic mass is 19.1. The van der Waals surface area contributed by atoms with Crippen LogP contribution in [0.2, 0.25) is 0 Å². The first-order valence-corrected chi connectivity index (χ1v) is 6.16. The zero-order chi connectivity index (χ0) is 12.1. The molecule has 0 heterocycles. The van der Waals surface area contributed by atoms with Crippen molar-refractivity contribution < 1.29 is 9.13 Å². The number of halogens is 1. The van der Waals surface area contributed by atoms with E-state index in [4.69, 9.17) is 10.00 Å². The lowest BCUT2D eigenvalue weighted by molar-refractivity contribution is 0.183. The molecule has 1 fully saturated rings. The van der Waals surface area contributed by atoms with E-state index in [1.54, 1.807) is 12.1 Å². The molecule has 3 heteroatoms. The van der Waals surface area contributed by atoms with Crippen molar-refractivity contribution in [1.82, 2.24) is 0 Å². The minimum absolute atomic E-state index is 0.0678. The molecule has 1 aromatic carbocycles. The lowest BCUT2D eigenvalue weighted by Crippen LogP contribution is -2.15. The van der Waals surface area contributed by atoms with Crippen LogP contribution in [0, 0.1) is 17.1 Å². The van der Waals surface area contributed by atoms with Crippen LogP contribution in [0.1, 0.15) is 44.1 Å². The van der Waals surface area contributed by atoms with Crippen molar-refractivity contribution in [3.05, 3.63) is 29.6 Å². The van der Waals surface area contributed by atoms with Gasteiger partial charge in [0.25, 0.3) is 0 Å². The minimum Gasteiger partial charge on any atom is -0.490 e. The SMILES string of the molecule is N#Cc1ccc(OC2CCCCCC2)cc1F. The van der Waals surface area contributed by atoms with Gasteiger partial charge in [-0.05, 0) is 37.8 Å². The maximum atomic E-state index is 13.4. The highest BCUT2D eigenvalue weighted by molar-refractivity contribution is 5.36. The van der Waals surface area contributed by atoms with Gasteiger partial charge in [0, 0.05) is 6.07 Å². The zero-order valence-corrected chi connectivity index (χ0v) is 9.79. The number of benzene rings is 1. The van der Waals surface area contributed by atoms with Crippen LogP contribution >= 0.6 is 0 Å². The van der Waals surface area contributed by atoms with E-state index in [2.05, 4.69) is 0 Å². The zero-order valence-electron chi connectivity index (χ0n) is 9.79. The predicted octanol–water partition coefficient (Wildman–Crippen LogP) is 3.80. The number of hydrogen-bond donors (Lipinski definition) is 0. The van der Waals surface area contributed by atoms with Crippen LogP contribution in [-0.4, -0.2) is 6.10 Å². The third kappa shape index (κ3) is 3.20. The molecule has 1 aliphatic rings. The fourth-order valence-corrected chi connectivity index (χ4v) is 2.21. The molecule has 0 atom stereocenters. The molecular weight excluding hydrogens is 217 g/mol. The second-order valence-corrected chi connectivity index (χ2v) is 4.48. The number of hydrogen-bond acceptors (Lipinski definition) is 2. The normalized spacial score (nSPS) is 17.2. The van der Waals surface area contributed by atoms with Crippen molar-refractivity contribution in [2.75, 3.05) is 0 Å². The van der Waals surface area contributed by atoms with E-state index in [0.717, 1.165) is 12.8 Å². The maximum absolute atomic E-state index is 13.4. The van der Waals surface area contributed by atoms with Gasteiger partial charge < -0.3 is 4.74 Å². The highest BCUT2D eigenvalue weighted by Crippen LogP contribution is 2.24. The van der Waals surface area contributed by atoms with Gasteiger partial charge in [-0.1, -0.05) is 12.8 Å². The fraction of sp³-hybridized carbons (Fsp3) is 0.500. The van der Waals surface area contributed by atoms with E-state index >= 15 is 0 Å². The van der Waals surface area contributed by atoms with Gasteiger partial charge in [0.15, 0.2) is 0 Å². The van der Waals surface area contributed by atoms with Crippen LogP contribution < -0.4 is 4.74 Å². The summed E-state index contributed by atoms with van der Waals surface area (Å²) < 4.78 is 19.1. The molecule has 0 bridgehead atoms. The van der Waals surface area contributed by atoms with Gasteiger partial charge >= 0.3 is 0 Å². The van der Waals surface area contributed by atoms with Crippen LogP contribution in [0.5, 0.6) is 5.75 Å². The first-order chi connectivity index (χ1) is 8.29. The number of nitrogens with zero attached hydrogens (tertiary/aromatic N) is 1. The van der Waals surface area contributed by atoms with Crippen LogP contribution in [-0.2, 0) is 0 Å². The molecule has 0 radical (unpaired) electrons. The van der Waals surface area contributed by atoms with Crippen molar-refractivity contribution in [2.24, 2.45) is 0 Å². The molecule has 0 aliphatic heterocycles. The summed E-state index contributed by atoms with van der Waals surface area (Å²) in [5.74, 6) is 0.0343. The van der Waals surface area contributed by atoms with E-state index < -0.39 is 5.82 Å². The predicted molar refractivity (Wildman–Crippen MR) is 63.2 cm³/mol. The summed E-state index contributed by atoms with van der Waals surface area (Å²) in [5, 5.41) is 8.64. The van der Waals surface area contributed by atoms with Crippen molar-refractivity contribution in [3.63, 3.8) is 0 Å². The molecule has 17 heavy (non-hydrogen) atoms. The average molecular weight is 233 g/mol. The Balaban J connectivity index is 2.03. The third-order valence-electron chi connectivity index (χ3n) is 3.17. The summed E-state index contributed by atoms with van der Waals surface area (Å²) in [6, 6.07) is 6.26. The molecule has 0 unspecified atom stereocenters. The van der Waals surface area contributed by atoms with Crippen LogP contribution in [0.3, 0.4) is 0 Å². The van der Waals surface area contributed by atoms with Gasteiger partial charge in [-0.15, -0.1) is 0 Å². The summed E-state index contributed by atoms with van der Waals surface area (Å²) in [7, 11) is 0. The Morgan fingerprint density at radius 2 is 1.88 bits per heavy atom. The summed E-state index contributed by atoms with van der Waals surface area (Å²) in [4.78, 5) is 0. The van der Waals surface area contributed by atoms with Gasteiger partial charge in [0.2, 0.25) is 0 Å². The average Bonchev–Trinajstić information content (AvgIpc) is 2.58. The molecule has 1 aromatic rings. The van der Waals surface area contributed by atoms with Gasteiger partial charge in [0.05, 0.1) is 11.7 Å². The molecule has 0 saturated heterocycles. The van der Waals surface area contributed by atoms with Gasteiger partial charge in [-0.2, -0.15) is 5.26 Å². The van der Waals surface area contributed by atoms with Crippen LogP contribution in [0.15, 0.2) is 18.2 Å². The van der Waals surface area contributed by atoms with Crippen molar-refractivity contribution in [2.45, 2.75) is 44.6 Å². The second-order valence-electron chi connectivity index (χ2n) is 4.48. The van der Waals surface area contributed by atoms with Crippen molar-refractivity contribution in [3.8, 4) is 11.8 Å². The Morgan fingerprint density at radius 1 is 1.18 bits per heavy atom. The second kappa shape index (κ2) is 5.67. The molecule has 1 saturated carbocycles. The lowest BCUT2D eigenvalue weighted by atomic mass is 10.1. The quantitative estimate of drug-likeness (QED) is 0.728. The largest absolute Gasteiger partial charge is 0.490 e. The Kier molecular flexibility index (Phi) is 3.98. The van der Waals surface area contributed by atoms with Crippen LogP contribution in [0.25, 0.3) is 0 Å². The Labute approximate surface area is 101 Å².